The van der Waals surface area contributed by atoms with Crippen LogP contribution in [0.4, 0.5) is 0 Å². The maximum atomic E-state index is 12.4. The van der Waals surface area contributed by atoms with Crippen molar-refractivity contribution in [2.45, 2.75) is 65.2 Å². The third-order valence-corrected chi connectivity index (χ3v) is 5.02. The van der Waals surface area contributed by atoms with Crippen LogP contribution in [0.1, 0.15) is 70.7 Å². The number of nitrogens with zero attached hydrogens (tertiary/aromatic N) is 1. The Kier molecular flexibility index (Phi) is 6.93. The lowest BCUT2D eigenvalue weighted by Crippen LogP contribution is -2.41. The summed E-state index contributed by atoms with van der Waals surface area (Å²) in [6, 6.07) is 8.24. The van der Waals surface area contributed by atoms with Crippen molar-refractivity contribution in [3.05, 3.63) is 34.9 Å². The van der Waals surface area contributed by atoms with E-state index in [0.717, 1.165) is 18.4 Å². The first-order valence-electron chi connectivity index (χ1n) is 7.89. The maximum Gasteiger partial charge on any atom is 0.136 e. The van der Waals surface area contributed by atoms with Gasteiger partial charge in [0.1, 0.15) is 4.75 Å². The Hall–Kier alpha value is -1.02. The van der Waals surface area contributed by atoms with Crippen molar-refractivity contribution in [3.63, 3.8) is 0 Å². The monoisotopic (exact) mass is 320 g/mol. The van der Waals surface area contributed by atoms with Gasteiger partial charge in [-0.3, -0.25) is 0 Å². The third kappa shape index (κ3) is 5.64. The molecule has 22 heavy (non-hydrogen) atoms. The summed E-state index contributed by atoms with van der Waals surface area (Å²) >= 11 is -1.13. The molecule has 3 nitrogen and oxygen atoms in total. The largest absolute Gasteiger partial charge is 0.598 e. The molecule has 0 saturated heterocycles. The van der Waals surface area contributed by atoms with E-state index in [0.29, 0.717) is 11.5 Å². The first-order chi connectivity index (χ1) is 10.2. The Labute approximate surface area is 138 Å². The molecule has 2 atom stereocenters. The highest BCUT2D eigenvalue weighted by molar-refractivity contribution is 7.90. The van der Waals surface area contributed by atoms with Crippen LogP contribution in [0.15, 0.2) is 18.2 Å². The van der Waals surface area contributed by atoms with Crippen molar-refractivity contribution in [2.75, 3.05) is 0 Å². The van der Waals surface area contributed by atoms with E-state index in [-0.39, 0.29) is 10.8 Å². The number of benzene rings is 1. The van der Waals surface area contributed by atoms with Crippen molar-refractivity contribution in [3.8, 4) is 6.07 Å². The SMILES string of the molecule is CC[C@H](N[S+]([O-])C(C)(C)C)c1cc(C#N)cc(CC(C)C)c1. The number of nitriles is 1. The highest BCUT2D eigenvalue weighted by Crippen LogP contribution is 2.25. The minimum atomic E-state index is -1.13. The van der Waals surface area contributed by atoms with Crippen LogP contribution in [0, 0.1) is 17.2 Å². The van der Waals surface area contributed by atoms with Crippen molar-refractivity contribution in [1.82, 2.24) is 4.72 Å². The molecule has 1 aromatic rings. The zero-order valence-corrected chi connectivity index (χ0v) is 15.4. The second-order valence-corrected chi connectivity index (χ2v) is 9.13. The first-order valence-corrected chi connectivity index (χ1v) is 9.04. The molecule has 0 aliphatic carbocycles. The van der Waals surface area contributed by atoms with Gasteiger partial charge < -0.3 is 4.55 Å². The molecule has 1 aromatic carbocycles. The Morgan fingerprint density at radius 2 is 1.91 bits per heavy atom. The highest BCUT2D eigenvalue weighted by Gasteiger charge is 2.29. The maximum absolute atomic E-state index is 12.4. The van der Waals surface area contributed by atoms with Crippen LogP contribution < -0.4 is 4.72 Å². The average Bonchev–Trinajstić information content (AvgIpc) is 2.42. The molecule has 1 N–H and O–H groups in total. The Bertz CT molecular complexity index is 529. The summed E-state index contributed by atoms with van der Waals surface area (Å²) < 4.78 is 15.3. The molecule has 0 amide bonds. The molecule has 4 heteroatoms. The number of hydrogen-bond donors (Lipinski definition) is 1. The van der Waals surface area contributed by atoms with Crippen LogP contribution in [0.25, 0.3) is 0 Å². The van der Waals surface area contributed by atoms with Crippen LogP contribution in [0.2, 0.25) is 0 Å². The lowest BCUT2D eigenvalue weighted by Gasteiger charge is -2.28. The fraction of sp³-hybridized carbons (Fsp3) is 0.611. The van der Waals surface area contributed by atoms with E-state index in [1.807, 2.05) is 32.9 Å². The molecule has 122 valence electrons. The van der Waals surface area contributed by atoms with Gasteiger partial charge in [-0.2, -0.15) is 5.26 Å². The molecule has 0 aliphatic heterocycles. The topological polar surface area (TPSA) is 58.9 Å². The average molecular weight is 321 g/mol. The van der Waals surface area contributed by atoms with E-state index in [1.165, 1.54) is 5.56 Å². The van der Waals surface area contributed by atoms with E-state index >= 15 is 0 Å². The van der Waals surface area contributed by atoms with E-state index < -0.39 is 11.4 Å². The van der Waals surface area contributed by atoms with E-state index in [1.54, 1.807) is 0 Å². The third-order valence-electron chi connectivity index (χ3n) is 3.40. The van der Waals surface area contributed by atoms with Gasteiger partial charge in [0, 0.05) is 11.4 Å². The quantitative estimate of drug-likeness (QED) is 0.797. The molecule has 1 rings (SSSR count). The molecule has 0 aromatic heterocycles. The number of rotatable bonds is 6. The fourth-order valence-corrected chi connectivity index (χ4v) is 3.18. The zero-order valence-electron chi connectivity index (χ0n) is 14.6. The van der Waals surface area contributed by atoms with E-state index in [9.17, 15) is 9.81 Å². The fourth-order valence-electron chi connectivity index (χ4n) is 2.27. The Morgan fingerprint density at radius 3 is 2.36 bits per heavy atom. The number of hydrogen-bond acceptors (Lipinski definition) is 3. The van der Waals surface area contributed by atoms with Crippen molar-refractivity contribution < 1.29 is 4.55 Å². The molecule has 0 heterocycles. The van der Waals surface area contributed by atoms with Gasteiger partial charge in [-0.25, -0.2) is 0 Å². The molecule has 0 radical (unpaired) electrons. The first kappa shape index (κ1) is 19.0. The van der Waals surface area contributed by atoms with E-state index in [4.69, 9.17) is 0 Å². The predicted octanol–water partition coefficient (Wildman–Crippen LogP) is 4.26. The smallest absolute Gasteiger partial charge is 0.136 e. The molecule has 0 aliphatic rings. The molecule has 0 saturated carbocycles. The van der Waals surface area contributed by atoms with Gasteiger partial charge in [0.15, 0.2) is 0 Å². The molecule has 1 unspecified atom stereocenters. The highest BCUT2D eigenvalue weighted by atomic mass is 32.2. The van der Waals surface area contributed by atoms with Crippen LogP contribution >= 0.6 is 0 Å². The minimum Gasteiger partial charge on any atom is -0.598 e. The van der Waals surface area contributed by atoms with Crippen molar-refractivity contribution >= 4 is 11.4 Å². The standard InChI is InChI=1S/C18H28N2OS/c1-7-17(20-22(21)18(4,5)6)16-10-14(8-13(2)3)9-15(11-16)12-19/h9-11,13,17,20H,7-8H2,1-6H3/t17-,22?/m0/s1. The molecule has 0 fully saturated rings. The summed E-state index contributed by atoms with van der Waals surface area (Å²) in [7, 11) is 0. The van der Waals surface area contributed by atoms with Gasteiger partial charge in [-0.05, 0) is 62.8 Å². The Balaban J connectivity index is 3.08. The molecule has 0 spiro atoms. The van der Waals surface area contributed by atoms with Crippen LogP contribution in [0.3, 0.4) is 0 Å². The van der Waals surface area contributed by atoms with Gasteiger partial charge in [0.25, 0.3) is 0 Å². The van der Waals surface area contributed by atoms with Crippen LogP contribution in [-0.2, 0) is 17.8 Å². The predicted molar refractivity (Wildman–Crippen MR) is 93.8 cm³/mol. The Morgan fingerprint density at radius 1 is 1.27 bits per heavy atom. The van der Waals surface area contributed by atoms with Crippen molar-refractivity contribution in [1.29, 1.82) is 5.26 Å². The van der Waals surface area contributed by atoms with Crippen LogP contribution in [-0.4, -0.2) is 9.30 Å². The second-order valence-electron chi connectivity index (χ2n) is 7.13. The summed E-state index contributed by atoms with van der Waals surface area (Å²) in [5.74, 6) is 0.540. The summed E-state index contributed by atoms with van der Waals surface area (Å²) in [6.07, 6.45) is 1.78. The lowest BCUT2D eigenvalue weighted by atomic mass is 9.95. The molecular weight excluding hydrogens is 292 g/mol. The number of nitrogens with one attached hydrogen (secondary N) is 1. The van der Waals surface area contributed by atoms with Gasteiger partial charge in [-0.1, -0.05) is 26.8 Å². The van der Waals surface area contributed by atoms with E-state index in [2.05, 4.69) is 37.6 Å². The van der Waals surface area contributed by atoms with Gasteiger partial charge in [0.05, 0.1) is 17.7 Å². The van der Waals surface area contributed by atoms with Crippen molar-refractivity contribution in [2.24, 2.45) is 5.92 Å². The normalized spacial score (nSPS) is 14.7. The molecular formula is C18H28N2OS. The summed E-state index contributed by atoms with van der Waals surface area (Å²) in [6.45, 7) is 12.3. The zero-order chi connectivity index (χ0) is 16.9. The van der Waals surface area contributed by atoms with Crippen LogP contribution in [0.5, 0.6) is 0 Å². The van der Waals surface area contributed by atoms with Gasteiger partial charge >= 0.3 is 0 Å². The minimum absolute atomic E-state index is 0.000675. The lowest BCUT2D eigenvalue weighted by molar-refractivity contribution is 0.518. The summed E-state index contributed by atoms with van der Waals surface area (Å²) in [5.41, 5.74) is 2.90. The molecule has 0 bridgehead atoms. The summed E-state index contributed by atoms with van der Waals surface area (Å²) in [5, 5.41) is 9.26. The second kappa shape index (κ2) is 8.01. The van der Waals surface area contributed by atoms with Gasteiger partial charge in [-0.15, -0.1) is 4.72 Å². The van der Waals surface area contributed by atoms with Gasteiger partial charge in [0.2, 0.25) is 0 Å². The summed E-state index contributed by atoms with van der Waals surface area (Å²) in [4.78, 5) is 0.